The minimum Gasteiger partial charge on any atom is -0.454 e. The highest BCUT2D eigenvalue weighted by Crippen LogP contribution is 2.56. The van der Waals surface area contributed by atoms with Gasteiger partial charge in [0.1, 0.15) is 22.3 Å². The van der Waals surface area contributed by atoms with Crippen LogP contribution in [0.1, 0.15) is 25.7 Å². The maximum absolute atomic E-state index is 7.09. The first-order chi connectivity index (χ1) is 63.9. The van der Waals surface area contributed by atoms with Crippen molar-refractivity contribution in [1.82, 2.24) is 0 Å². The molecule has 3 atom stereocenters. The minimum absolute atomic E-state index is 0.597. The molecule has 24 aromatic rings. The van der Waals surface area contributed by atoms with Gasteiger partial charge in [-0.25, -0.2) is 0 Å². The Kier molecular flexibility index (Phi) is 18.2. The van der Waals surface area contributed by atoms with Gasteiger partial charge in [-0.15, -0.1) is 0 Å². The summed E-state index contributed by atoms with van der Waals surface area (Å²) in [7, 11) is -7.15. The summed E-state index contributed by atoms with van der Waals surface area (Å²) in [4.78, 5) is 9.89. The van der Waals surface area contributed by atoms with Gasteiger partial charge in [0.05, 0.1) is 78.5 Å². The van der Waals surface area contributed by atoms with Crippen molar-refractivity contribution in [2.45, 2.75) is 95.7 Å². The van der Waals surface area contributed by atoms with Crippen molar-refractivity contribution in [2.24, 2.45) is 0 Å². The number of nitrogens with zero attached hydrogens (tertiary/aromatic N) is 4. The second kappa shape index (κ2) is 30.2. The number of rotatable bonds is 18. The molecule has 1 fully saturated rings. The van der Waals surface area contributed by atoms with Crippen LogP contribution in [-0.4, -0.2) is 33.0 Å². The molecule has 1 saturated carbocycles. The fraction of sp³-hybridized carbons (Fsp3) is 0.126. The van der Waals surface area contributed by atoms with Gasteiger partial charge >= 0.3 is 0 Å². The van der Waals surface area contributed by atoms with Gasteiger partial charge in [-0.05, 0) is 175 Å². The standard InChI is InChI=1S/C119H98N4O4Si4/c1-128(82-58-50-78(51-59-82)120(102-32-20-28-90-86-24-10-14-36-106(86)124-116(90)102)98-70-46-74-43-67-95-99(71-47-75-42-66-94(98)112(74)113(75)95)121(79-52-60-83(61-53-79)129(2,3)4)103-33-21-29-91-87-25-11-15-37-107(87)125-117(91)103)110-40-18-19-41-111(110)131(8,9)85-64-56-81(57-65-85)123(105-35-23-31-93-89-27-13-17-39-109(89)127-119(93)105)101-73-49-77-44-68-96-100(72-48-76-45-69-97(101)115(77)114(76)96)122(80-54-62-84(63-55-80)130(5,6)7)104-34-22-30-92-88-26-12-16-38-108(88)126-118(92)104/h10-17,20-39,42-73,110-111,128H,18-19,40-41H2,1-9H3. The number of hydrogen-bond acceptors (Lipinski definition) is 8. The van der Waals surface area contributed by atoms with Crippen LogP contribution in [0, 0.1) is 0 Å². The number of benzene rings is 20. The Hall–Kier alpha value is -14.3. The summed E-state index contributed by atoms with van der Waals surface area (Å²) in [6, 6.07) is 137. The van der Waals surface area contributed by atoms with Crippen LogP contribution in [0.15, 0.2) is 382 Å². The summed E-state index contributed by atoms with van der Waals surface area (Å²) in [5.41, 5.74) is 20.9. The summed E-state index contributed by atoms with van der Waals surface area (Å²) in [6.45, 7) is 22.6. The molecule has 0 N–H and O–H groups in total. The molecule has 0 saturated heterocycles. The Labute approximate surface area is 765 Å². The first-order valence-corrected chi connectivity index (χ1v) is 59.0. The first kappa shape index (κ1) is 79.0. The van der Waals surface area contributed by atoms with Crippen LogP contribution in [0.3, 0.4) is 0 Å². The molecular formula is C119H98N4O4Si4. The van der Waals surface area contributed by atoms with E-state index >= 15 is 0 Å². The third-order valence-corrected chi connectivity index (χ3v) is 42.0. The maximum atomic E-state index is 7.09. The molecule has 0 bridgehead atoms. The third kappa shape index (κ3) is 12.6. The number of para-hydroxylation sites is 8. The lowest BCUT2D eigenvalue weighted by atomic mass is 9.91. The lowest BCUT2D eigenvalue weighted by Gasteiger charge is -2.44. The van der Waals surface area contributed by atoms with Crippen molar-refractivity contribution in [3.8, 4) is 0 Å². The topological polar surface area (TPSA) is 65.5 Å². The van der Waals surface area contributed by atoms with E-state index in [9.17, 15) is 0 Å². The molecule has 0 radical (unpaired) electrons. The SMILES string of the molecule is C[SiH](c1ccc(N(c2ccc3ccc4c(N(c5ccc([Si](C)(C)C)cc5)c5cccc6c5oc5ccccc56)ccc5ccc2c3c54)c2cccc3c2oc2ccccc23)cc1)C1CCCCC1[Si](C)(C)c1ccc(N(c2ccc3ccc4c(N(c5ccc([Si](C)(C)C)cc5)c5cccc6c5oc5ccccc56)ccc5ccc2c3c54)c2cccc3c2oc2ccccc23)cc1. The van der Waals surface area contributed by atoms with E-state index in [0.29, 0.717) is 11.1 Å². The highest BCUT2D eigenvalue weighted by atomic mass is 28.3. The van der Waals surface area contributed by atoms with E-state index < -0.39 is 33.0 Å². The van der Waals surface area contributed by atoms with Crippen LogP contribution in [0.25, 0.3) is 152 Å². The van der Waals surface area contributed by atoms with Crippen LogP contribution < -0.4 is 40.3 Å². The highest BCUT2D eigenvalue weighted by molar-refractivity contribution is 6.92. The molecule has 20 aromatic carbocycles. The first-order valence-electron chi connectivity index (χ1n) is 46.6. The quantitative estimate of drug-likeness (QED) is 0.0622. The van der Waals surface area contributed by atoms with Gasteiger partial charge in [0.25, 0.3) is 0 Å². The second-order valence-corrected chi connectivity index (χ2v) is 57.3. The molecule has 4 aromatic heterocycles. The Morgan fingerprint density at radius 1 is 0.237 bits per heavy atom. The predicted octanol–water partition coefficient (Wildman–Crippen LogP) is 33.0. The fourth-order valence-electron chi connectivity index (χ4n) is 22.9. The smallest absolute Gasteiger partial charge is 0.159 e. The molecule has 0 spiro atoms. The molecular weight excluding hydrogens is 1660 g/mol. The summed E-state index contributed by atoms with van der Waals surface area (Å²) in [5, 5.41) is 29.0. The van der Waals surface area contributed by atoms with Crippen LogP contribution in [0.4, 0.5) is 68.2 Å². The predicted molar refractivity (Wildman–Crippen MR) is 570 cm³/mol. The largest absolute Gasteiger partial charge is 0.454 e. The van der Waals surface area contributed by atoms with E-state index in [2.05, 4.69) is 443 Å². The van der Waals surface area contributed by atoms with E-state index in [1.54, 1.807) is 0 Å². The molecule has 0 aliphatic heterocycles. The average Bonchev–Trinajstić information content (AvgIpc) is 1.43. The van der Waals surface area contributed by atoms with Gasteiger partial charge in [0.2, 0.25) is 0 Å². The van der Waals surface area contributed by atoms with Gasteiger partial charge in [-0.2, -0.15) is 0 Å². The molecule has 131 heavy (non-hydrogen) atoms. The van der Waals surface area contributed by atoms with Crippen LogP contribution in [0.5, 0.6) is 0 Å². The molecule has 634 valence electrons. The Morgan fingerprint density at radius 3 is 0.794 bits per heavy atom. The number of fused-ring (bicyclic) bond motifs is 12. The number of anilines is 12. The van der Waals surface area contributed by atoms with Crippen LogP contribution in [0.2, 0.25) is 70.0 Å². The fourth-order valence-corrected chi connectivity index (χ4v) is 34.1. The van der Waals surface area contributed by atoms with Gasteiger partial charge in [0, 0.05) is 87.4 Å². The van der Waals surface area contributed by atoms with Crippen molar-refractivity contribution >= 4 is 274 Å². The Balaban J connectivity index is 0.582. The highest BCUT2D eigenvalue weighted by Gasteiger charge is 2.43. The molecule has 8 nitrogen and oxygen atoms in total. The van der Waals surface area contributed by atoms with Crippen molar-refractivity contribution in [3.05, 3.63) is 364 Å². The summed E-state index contributed by atoms with van der Waals surface area (Å²) < 4.78 is 28.0. The Morgan fingerprint density at radius 2 is 0.496 bits per heavy atom. The van der Waals surface area contributed by atoms with Crippen molar-refractivity contribution in [3.63, 3.8) is 0 Å². The monoisotopic (exact) mass is 1760 g/mol. The normalized spacial score (nSPS) is 14.6. The summed E-state index contributed by atoms with van der Waals surface area (Å²) >= 11 is 0. The Bertz CT molecular complexity index is 8680. The number of hydrogen-bond donors (Lipinski definition) is 0. The summed E-state index contributed by atoms with van der Waals surface area (Å²) in [6.07, 6.45) is 5.02. The van der Waals surface area contributed by atoms with Crippen molar-refractivity contribution < 1.29 is 17.7 Å². The zero-order valence-corrected chi connectivity index (χ0v) is 79.3. The summed E-state index contributed by atoms with van der Waals surface area (Å²) in [5.74, 6) is 0. The van der Waals surface area contributed by atoms with Crippen molar-refractivity contribution in [1.29, 1.82) is 0 Å². The maximum Gasteiger partial charge on any atom is 0.159 e. The lowest BCUT2D eigenvalue weighted by Crippen LogP contribution is -2.51. The van der Waals surface area contributed by atoms with Gasteiger partial charge in [-0.3, -0.25) is 0 Å². The lowest BCUT2D eigenvalue weighted by molar-refractivity contribution is 0.489. The van der Waals surface area contributed by atoms with Gasteiger partial charge < -0.3 is 37.3 Å². The van der Waals surface area contributed by atoms with E-state index in [1.165, 1.54) is 111 Å². The van der Waals surface area contributed by atoms with Crippen LogP contribution in [-0.2, 0) is 0 Å². The van der Waals surface area contributed by atoms with Gasteiger partial charge in [-0.1, -0.05) is 348 Å². The molecule has 0 amide bonds. The molecule has 12 heteroatoms. The molecule has 4 heterocycles. The number of furan rings is 4. The van der Waals surface area contributed by atoms with Crippen LogP contribution >= 0.6 is 0 Å². The van der Waals surface area contributed by atoms with E-state index in [-0.39, 0.29) is 0 Å². The third-order valence-electron chi connectivity index (χ3n) is 29.6. The second-order valence-electron chi connectivity index (χ2n) is 39.3. The molecule has 3 unspecified atom stereocenters. The zero-order chi connectivity index (χ0) is 88.0. The average molecular weight is 1760 g/mol. The minimum atomic E-state index is -2.23. The van der Waals surface area contributed by atoms with E-state index in [1.807, 2.05) is 0 Å². The molecule has 1 aliphatic carbocycles. The van der Waals surface area contributed by atoms with Gasteiger partial charge in [0.15, 0.2) is 22.3 Å². The van der Waals surface area contributed by atoms with Crippen molar-refractivity contribution in [2.75, 3.05) is 19.6 Å². The van der Waals surface area contributed by atoms with E-state index in [4.69, 9.17) is 17.7 Å². The molecule has 25 rings (SSSR count). The van der Waals surface area contributed by atoms with E-state index in [0.717, 1.165) is 156 Å². The molecule has 1 aliphatic rings. The zero-order valence-electron chi connectivity index (χ0n) is 75.1.